The average Bonchev–Trinajstić information content (AvgIpc) is 3.31. The van der Waals surface area contributed by atoms with E-state index in [1.807, 2.05) is 0 Å². The Morgan fingerprint density at radius 3 is 0.758 bits per heavy atom. The molecule has 0 saturated carbocycles. The summed E-state index contributed by atoms with van der Waals surface area (Å²) < 4.78 is 16.9. The molecule has 0 N–H and O–H groups in total. The fraction of sp³-hybridized carbons (Fsp3) is 0.883. The van der Waals surface area contributed by atoms with Crippen LogP contribution in [0.5, 0.6) is 0 Å². The lowest BCUT2D eigenvalue weighted by Gasteiger charge is -2.18. The van der Waals surface area contributed by atoms with E-state index in [4.69, 9.17) is 14.2 Å². The first-order chi connectivity index (χ1) is 32.5. The van der Waals surface area contributed by atoms with Crippen molar-refractivity contribution in [1.29, 1.82) is 0 Å². The van der Waals surface area contributed by atoms with Crippen molar-refractivity contribution in [3.63, 3.8) is 0 Å². The van der Waals surface area contributed by atoms with Gasteiger partial charge in [0.1, 0.15) is 13.2 Å². The maximum absolute atomic E-state index is 12.8. The maximum Gasteiger partial charge on any atom is 0.306 e. The molecule has 388 valence electrons. The first kappa shape index (κ1) is 63.9. The molecule has 1 atom stereocenters. The third-order valence-electron chi connectivity index (χ3n) is 13.2. The Kier molecular flexibility index (Phi) is 53.7. The summed E-state index contributed by atoms with van der Waals surface area (Å²) in [6.07, 6.45) is 64.5. The van der Waals surface area contributed by atoms with E-state index in [0.29, 0.717) is 19.3 Å². The van der Waals surface area contributed by atoms with Gasteiger partial charge < -0.3 is 14.2 Å². The highest BCUT2D eigenvalue weighted by Crippen LogP contribution is 2.17. The molecule has 0 saturated heterocycles. The van der Waals surface area contributed by atoms with Gasteiger partial charge in [0.2, 0.25) is 0 Å². The van der Waals surface area contributed by atoms with Gasteiger partial charge in [0.05, 0.1) is 0 Å². The summed E-state index contributed by atoms with van der Waals surface area (Å²) in [4.78, 5) is 38.1. The van der Waals surface area contributed by atoms with Crippen LogP contribution >= 0.6 is 0 Å². The predicted octanol–water partition coefficient (Wildman–Crippen LogP) is 19.5. The summed E-state index contributed by atoms with van der Waals surface area (Å²) in [5, 5.41) is 0. The number of esters is 3. The topological polar surface area (TPSA) is 78.9 Å². The van der Waals surface area contributed by atoms with Crippen LogP contribution in [0.15, 0.2) is 24.3 Å². The van der Waals surface area contributed by atoms with Crippen LogP contribution in [0.25, 0.3) is 0 Å². The van der Waals surface area contributed by atoms with Gasteiger partial charge in [-0.05, 0) is 70.6 Å². The SMILES string of the molecule is CCCCCCC/C=C\CCCCCCCC(=O)OCC(COC(=O)CCCCCCCCCCCCCCCCCCCC)OC(=O)CCCCCCC/C=C\CCCCCCCCC. The minimum absolute atomic E-state index is 0.0727. The van der Waals surface area contributed by atoms with E-state index in [9.17, 15) is 14.4 Å². The van der Waals surface area contributed by atoms with Crippen molar-refractivity contribution in [3.8, 4) is 0 Å². The van der Waals surface area contributed by atoms with Gasteiger partial charge in [-0.25, -0.2) is 0 Å². The molecule has 1 unspecified atom stereocenters. The van der Waals surface area contributed by atoms with Crippen LogP contribution in [0, 0.1) is 0 Å². The molecule has 0 bridgehead atoms. The lowest BCUT2D eigenvalue weighted by Crippen LogP contribution is -2.30. The number of hydrogen-bond donors (Lipinski definition) is 0. The second-order valence-electron chi connectivity index (χ2n) is 19.9. The molecule has 0 fully saturated rings. The first-order valence-corrected chi connectivity index (χ1v) is 29.3. The minimum atomic E-state index is -0.775. The Morgan fingerprint density at radius 1 is 0.288 bits per heavy atom. The van der Waals surface area contributed by atoms with Crippen molar-refractivity contribution >= 4 is 17.9 Å². The van der Waals surface area contributed by atoms with Crippen molar-refractivity contribution in [2.24, 2.45) is 0 Å². The monoisotopic (exact) mass is 929 g/mol. The molecule has 0 aliphatic heterocycles. The summed E-state index contributed by atoms with van der Waals surface area (Å²) in [5.41, 5.74) is 0. The minimum Gasteiger partial charge on any atom is -0.462 e. The summed E-state index contributed by atoms with van der Waals surface area (Å²) in [7, 11) is 0. The predicted molar refractivity (Wildman–Crippen MR) is 284 cm³/mol. The van der Waals surface area contributed by atoms with Gasteiger partial charge in [0, 0.05) is 19.3 Å². The fourth-order valence-electron chi connectivity index (χ4n) is 8.73. The largest absolute Gasteiger partial charge is 0.462 e. The molecular formula is C60H112O6. The molecular weight excluding hydrogens is 817 g/mol. The van der Waals surface area contributed by atoms with Gasteiger partial charge in [0.15, 0.2) is 6.10 Å². The second kappa shape index (κ2) is 55.5. The Hall–Kier alpha value is -2.11. The van der Waals surface area contributed by atoms with E-state index in [-0.39, 0.29) is 31.1 Å². The molecule has 66 heavy (non-hydrogen) atoms. The van der Waals surface area contributed by atoms with Crippen molar-refractivity contribution < 1.29 is 28.6 Å². The zero-order valence-corrected chi connectivity index (χ0v) is 44.5. The van der Waals surface area contributed by atoms with Crippen LogP contribution in [-0.2, 0) is 28.6 Å². The van der Waals surface area contributed by atoms with Crippen molar-refractivity contribution in [1.82, 2.24) is 0 Å². The number of carbonyl (C=O) groups is 3. The average molecular weight is 930 g/mol. The summed E-state index contributed by atoms with van der Waals surface area (Å²) in [5.74, 6) is -0.870. The van der Waals surface area contributed by atoms with Gasteiger partial charge in [-0.1, -0.05) is 257 Å². The molecule has 6 heteroatoms. The van der Waals surface area contributed by atoms with Gasteiger partial charge in [0.25, 0.3) is 0 Å². The molecule has 0 rings (SSSR count). The molecule has 6 nitrogen and oxygen atoms in total. The van der Waals surface area contributed by atoms with E-state index in [2.05, 4.69) is 45.1 Å². The molecule has 0 amide bonds. The van der Waals surface area contributed by atoms with E-state index in [0.717, 1.165) is 70.6 Å². The molecule has 0 aliphatic carbocycles. The van der Waals surface area contributed by atoms with Crippen LogP contribution in [0.3, 0.4) is 0 Å². The van der Waals surface area contributed by atoms with E-state index >= 15 is 0 Å². The molecule has 0 aromatic heterocycles. The lowest BCUT2D eigenvalue weighted by molar-refractivity contribution is -0.167. The maximum atomic E-state index is 12.8. The molecule has 0 radical (unpaired) electrons. The van der Waals surface area contributed by atoms with Crippen LogP contribution in [0.1, 0.15) is 323 Å². The summed E-state index contributed by atoms with van der Waals surface area (Å²) in [6.45, 7) is 6.66. The molecule has 0 aromatic rings. The standard InChI is InChI=1S/C60H112O6/c1-4-7-10-13-16-19-22-25-28-30-31-33-35-38-41-44-47-50-53-59(62)65-56-57(55-64-58(61)52-49-46-43-40-37-34-27-24-21-18-15-12-9-6-3)66-60(63)54-51-48-45-42-39-36-32-29-26-23-20-17-14-11-8-5-2/h24,27,29,32,57H,4-23,25-26,28,30-31,33-56H2,1-3H3/b27-24-,32-29-. The van der Waals surface area contributed by atoms with E-state index in [1.165, 1.54) is 212 Å². The van der Waals surface area contributed by atoms with Crippen LogP contribution in [-0.4, -0.2) is 37.2 Å². The van der Waals surface area contributed by atoms with Gasteiger partial charge >= 0.3 is 17.9 Å². The Balaban J connectivity index is 4.33. The number of allylic oxidation sites excluding steroid dienone is 4. The smallest absolute Gasteiger partial charge is 0.306 e. The first-order valence-electron chi connectivity index (χ1n) is 29.3. The molecule has 0 heterocycles. The normalized spacial score (nSPS) is 12.1. The van der Waals surface area contributed by atoms with Crippen LogP contribution in [0.2, 0.25) is 0 Å². The molecule has 0 aromatic carbocycles. The summed E-state index contributed by atoms with van der Waals surface area (Å²) in [6, 6.07) is 0. The van der Waals surface area contributed by atoms with Crippen LogP contribution in [0.4, 0.5) is 0 Å². The Bertz CT molecular complexity index is 1070. The highest BCUT2D eigenvalue weighted by atomic mass is 16.6. The zero-order valence-electron chi connectivity index (χ0n) is 44.5. The van der Waals surface area contributed by atoms with Crippen molar-refractivity contribution in [2.75, 3.05) is 13.2 Å². The van der Waals surface area contributed by atoms with E-state index < -0.39 is 6.10 Å². The molecule has 0 aliphatic rings. The number of rotatable bonds is 54. The van der Waals surface area contributed by atoms with Gasteiger partial charge in [-0.3, -0.25) is 14.4 Å². The Morgan fingerprint density at radius 2 is 0.500 bits per heavy atom. The lowest BCUT2D eigenvalue weighted by atomic mass is 10.0. The second-order valence-corrected chi connectivity index (χ2v) is 19.9. The quantitative estimate of drug-likeness (QED) is 0.0262. The zero-order chi connectivity index (χ0) is 47.9. The number of hydrogen-bond acceptors (Lipinski definition) is 6. The fourth-order valence-corrected chi connectivity index (χ4v) is 8.73. The number of ether oxygens (including phenoxy) is 3. The highest BCUT2D eigenvalue weighted by Gasteiger charge is 2.19. The van der Waals surface area contributed by atoms with Gasteiger partial charge in [-0.15, -0.1) is 0 Å². The third kappa shape index (κ3) is 52.9. The Labute approximate surface area is 411 Å². The van der Waals surface area contributed by atoms with Crippen LogP contribution < -0.4 is 0 Å². The summed E-state index contributed by atoms with van der Waals surface area (Å²) >= 11 is 0. The highest BCUT2D eigenvalue weighted by molar-refractivity contribution is 5.71. The van der Waals surface area contributed by atoms with Crippen molar-refractivity contribution in [3.05, 3.63) is 24.3 Å². The third-order valence-corrected chi connectivity index (χ3v) is 13.2. The number of carbonyl (C=O) groups excluding carboxylic acids is 3. The van der Waals surface area contributed by atoms with Crippen molar-refractivity contribution in [2.45, 2.75) is 329 Å². The van der Waals surface area contributed by atoms with Gasteiger partial charge in [-0.2, -0.15) is 0 Å². The molecule has 0 spiro atoms. The van der Waals surface area contributed by atoms with E-state index in [1.54, 1.807) is 0 Å². The number of unbranched alkanes of at least 4 members (excludes halogenated alkanes) is 39.